The van der Waals surface area contributed by atoms with Gasteiger partial charge >= 0.3 is 0 Å². The first-order valence-corrected chi connectivity index (χ1v) is 9.67. The predicted molar refractivity (Wildman–Crippen MR) is 81.1 cm³/mol. The summed E-state index contributed by atoms with van der Waals surface area (Å²) in [4.78, 5) is 12.2. The van der Waals surface area contributed by atoms with Crippen molar-refractivity contribution in [3.63, 3.8) is 0 Å². The Labute approximate surface area is 119 Å². The molecule has 0 radical (unpaired) electrons. The number of nitrogens with two attached hydrogens (primary N) is 1. The van der Waals surface area contributed by atoms with Gasteiger partial charge in [-0.1, -0.05) is 19.6 Å². The average Bonchev–Trinajstić information content (AvgIpc) is 2.68. The average molecular weight is 302 g/mol. The Kier molecular flexibility index (Phi) is 5.27. The number of ether oxygens (including phenoxy) is 1. The number of anilines is 1. The Morgan fingerprint density at radius 3 is 2.68 bits per heavy atom. The zero-order valence-electron chi connectivity index (χ0n) is 11.5. The summed E-state index contributed by atoms with van der Waals surface area (Å²) >= 11 is 0. The van der Waals surface area contributed by atoms with Gasteiger partial charge in [0.1, 0.15) is 18.6 Å². The Bertz CT molecular complexity index is 539. The highest BCUT2D eigenvalue weighted by Crippen LogP contribution is 2.15. The summed E-state index contributed by atoms with van der Waals surface area (Å²) in [6, 6.07) is 1.14. The second-order valence-electron chi connectivity index (χ2n) is 5.49. The van der Waals surface area contributed by atoms with E-state index in [1.807, 2.05) is 4.57 Å². The van der Waals surface area contributed by atoms with Crippen molar-refractivity contribution in [1.82, 2.24) is 19.5 Å². The van der Waals surface area contributed by atoms with Gasteiger partial charge in [0, 0.05) is 14.7 Å². The molecule has 0 unspecified atom stereocenters. The predicted octanol–water partition coefficient (Wildman–Crippen LogP) is 2.14. The molecule has 0 aromatic carbocycles. The number of fused-ring (bicyclic) bond motifs is 1. The van der Waals surface area contributed by atoms with Crippen LogP contribution in [-0.2, 0) is 11.5 Å². The molecule has 2 rings (SSSR count). The van der Waals surface area contributed by atoms with Crippen LogP contribution in [0.2, 0.25) is 25.7 Å². The lowest BCUT2D eigenvalue weighted by Gasteiger charge is -2.15. The van der Waals surface area contributed by atoms with Gasteiger partial charge in [0.2, 0.25) is 0 Å². The van der Waals surface area contributed by atoms with Crippen molar-refractivity contribution in [2.75, 3.05) is 12.3 Å². The second kappa shape index (κ2) is 6.31. The van der Waals surface area contributed by atoms with Crippen LogP contribution in [0.4, 0.5) is 5.82 Å². The van der Waals surface area contributed by atoms with E-state index in [-0.39, 0.29) is 12.4 Å². The van der Waals surface area contributed by atoms with Crippen LogP contribution in [0.1, 0.15) is 0 Å². The van der Waals surface area contributed by atoms with Crippen molar-refractivity contribution in [3.8, 4) is 0 Å². The van der Waals surface area contributed by atoms with E-state index in [1.54, 1.807) is 6.33 Å². The lowest BCUT2D eigenvalue weighted by molar-refractivity contribution is 0.0899. The van der Waals surface area contributed by atoms with Crippen LogP contribution >= 0.6 is 12.4 Å². The SMILES string of the molecule is C[Si](C)(C)CCOCn1cnc2ncnc(N)c21.Cl. The molecule has 0 saturated heterocycles. The number of halogens is 1. The van der Waals surface area contributed by atoms with Gasteiger partial charge < -0.3 is 15.0 Å². The van der Waals surface area contributed by atoms with E-state index < -0.39 is 8.07 Å². The third kappa shape index (κ3) is 4.15. The molecule has 0 amide bonds. The molecule has 0 atom stereocenters. The van der Waals surface area contributed by atoms with Crippen LogP contribution in [0.5, 0.6) is 0 Å². The largest absolute Gasteiger partial charge is 0.382 e. The van der Waals surface area contributed by atoms with Crippen molar-refractivity contribution in [3.05, 3.63) is 12.7 Å². The summed E-state index contributed by atoms with van der Waals surface area (Å²) in [5.41, 5.74) is 7.16. The summed E-state index contributed by atoms with van der Waals surface area (Å²) in [5, 5.41) is 0. The summed E-state index contributed by atoms with van der Waals surface area (Å²) < 4.78 is 7.51. The highest BCUT2D eigenvalue weighted by Gasteiger charge is 2.12. The molecule has 2 N–H and O–H groups in total. The third-order valence-corrected chi connectivity index (χ3v) is 4.37. The van der Waals surface area contributed by atoms with Gasteiger partial charge in [-0.3, -0.25) is 0 Å². The van der Waals surface area contributed by atoms with Gasteiger partial charge in [-0.15, -0.1) is 12.4 Å². The van der Waals surface area contributed by atoms with Crippen LogP contribution in [0.15, 0.2) is 12.7 Å². The van der Waals surface area contributed by atoms with Crippen LogP contribution in [0.25, 0.3) is 11.2 Å². The second-order valence-corrected chi connectivity index (χ2v) is 11.1. The zero-order chi connectivity index (χ0) is 13.2. The molecule has 2 heterocycles. The minimum atomic E-state index is -1.04. The molecule has 2 aromatic rings. The number of nitrogen functional groups attached to an aromatic ring is 1. The highest BCUT2D eigenvalue weighted by atomic mass is 35.5. The fourth-order valence-corrected chi connectivity index (χ4v) is 2.33. The lowest BCUT2D eigenvalue weighted by atomic mass is 10.5. The first-order chi connectivity index (χ1) is 8.47. The summed E-state index contributed by atoms with van der Waals surface area (Å²) in [7, 11) is -1.04. The molecule has 6 nitrogen and oxygen atoms in total. The molecule has 2 aromatic heterocycles. The molecule has 0 aliphatic heterocycles. The highest BCUT2D eigenvalue weighted by molar-refractivity contribution is 6.76. The standard InChI is InChI=1S/C11H19N5OSi.ClH/c1-18(2,3)5-4-17-8-16-7-15-11-9(16)10(12)13-6-14-11;/h6-7H,4-5,8H2,1-3H3,(H2,12,13,14);1H. The van der Waals surface area contributed by atoms with Gasteiger partial charge in [0.05, 0.1) is 6.33 Å². The van der Waals surface area contributed by atoms with Crippen LogP contribution in [0.3, 0.4) is 0 Å². The Morgan fingerprint density at radius 2 is 2.00 bits per heavy atom. The Balaban J connectivity index is 0.00000180. The maximum Gasteiger partial charge on any atom is 0.183 e. The first-order valence-electron chi connectivity index (χ1n) is 5.96. The molecule has 19 heavy (non-hydrogen) atoms. The van der Waals surface area contributed by atoms with E-state index in [4.69, 9.17) is 10.5 Å². The fourth-order valence-electron chi connectivity index (χ4n) is 1.57. The monoisotopic (exact) mass is 301 g/mol. The minimum Gasteiger partial charge on any atom is -0.382 e. The van der Waals surface area contributed by atoms with E-state index in [1.165, 1.54) is 6.33 Å². The quantitative estimate of drug-likeness (QED) is 0.676. The molecule has 106 valence electrons. The van der Waals surface area contributed by atoms with E-state index in [2.05, 4.69) is 34.6 Å². The summed E-state index contributed by atoms with van der Waals surface area (Å²) in [5.74, 6) is 0.436. The maximum absolute atomic E-state index is 5.81. The number of nitrogens with zero attached hydrogens (tertiary/aromatic N) is 4. The minimum absolute atomic E-state index is 0. The van der Waals surface area contributed by atoms with Gasteiger partial charge in [-0.05, 0) is 6.04 Å². The molecular formula is C11H20ClN5OSi. The van der Waals surface area contributed by atoms with Crippen molar-refractivity contribution in [2.24, 2.45) is 0 Å². The third-order valence-electron chi connectivity index (χ3n) is 2.66. The Hall–Kier alpha value is -1.18. The number of imidazole rings is 1. The number of hydrogen-bond donors (Lipinski definition) is 1. The van der Waals surface area contributed by atoms with Crippen LogP contribution in [-0.4, -0.2) is 34.2 Å². The smallest absolute Gasteiger partial charge is 0.183 e. The van der Waals surface area contributed by atoms with E-state index in [0.717, 1.165) is 18.2 Å². The summed E-state index contributed by atoms with van der Waals surface area (Å²) in [6.07, 6.45) is 3.10. The van der Waals surface area contributed by atoms with Crippen molar-refractivity contribution in [1.29, 1.82) is 0 Å². The van der Waals surface area contributed by atoms with E-state index in [0.29, 0.717) is 18.2 Å². The molecular weight excluding hydrogens is 282 g/mol. The molecule has 0 aliphatic carbocycles. The number of rotatable bonds is 5. The normalized spacial score (nSPS) is 11.5. The molecule has 0 bridgehead atoms. The topological polar surface area (TPSA) is 78.8 Å². The summed E-state index contributed by atoms with van der Waals surface area (Å²) in [6.45, 7) is 8.19. The maximum atomic E-state index is 5.81. The number of aromatic nitrogens is 4. The Morgan fingerprint density at radius 1 is 1.26 bits per heavy atom. The molecule has 0 saturated carbocycles. The fraction of sp³-hybridized carbons (Fsp3) is 0.545. The molecule has 8 heteroatoms. The van der Waals surface area contributed by atoms with E-state index in [9.17, 15) is 0 Å². The van der Waals surface area contributed by atoms with Crippen molar-refractivity contribution < 1.29 is 4.74 Å². The lowest BCUT2D eigenvalue weighted by Crippen LogP contribution is -2.22. The molecule has 0 aliphatic rings. The van der Waals surface area contributed by atoms with Gasteiger partial charge in [0.25, 0.3) is 0 Å². The van der Waals surface area contributed by atoms with Gasteiger partial charge in [-0.2, -0.15) is 0 Å². The van der Waals surface area contributed by atoms with Crippen molar-refractivity contribution in [2.45, 2.75) is 32.4 Å². The van der Waals surface area contributed by atoms with Crippen LogP contribution in [0, 0.1) is 0 Å². The van der Waals surface area contributed by atoms with Gasteiger partial charge in [-0.25, -0.2) is 15.0 Å². The van der Waals surface area contributed by atoms with E-state index >= 15 is 0 Å². The molecule has 0 fully saturated rings. The van der Waals surface area contributed by atoms with Crippen molar-refractivity contribution >= 4 is 37.5 Å². The zero-order valence-corrected chi connectivity index (χ0v) is 13.3. The van der Waals surface area contributed by atoms with Crippen LogP contribution < -0.4 is 5.73 Å². The first kappa shape index (κ1) is 15.9. The number of hydrogen-bond acceptors (Lipinski definition) is 5. The molecule has 0 spiro atoms. The van der Waals surface area contributed by atoms with Gasteiger partial charge in [0.15, 0.2) is 11.5 Å².